The van der Waals surface area contributed by atoms with Gasteiger partial charge in [0, 0.05) is 11.4 Å². The monoisotopic (exact) mass is 243 g/mol. The minimum Gasteiger partial charge on any atom is -0.475 e. The van der Waals surface area contributed by atoms with Crippen molar-refractivity contribution in [1.82, 2.24) is 4.98 Å². The molecule has 0 saturated carbocycles. The molecule has 0 radical (unpaired) electrons. The van der Waals surface area contributed by atoms with Crippen molar-refractivity contribution in [1.29, 1.82) is 0 Å². The van der Waals surface area contributed by atoms with Gasteiger partial charge in [-0.1, -0.05) is 31.2 Å². The molecule has 1 rings (SSSR count). The number of hydrogen-bond acceptors (Lipinski definition) is 2. The maximum atomic E-state index is 5.96. The largest absolute Gasteiger partial charge is 0.475 e. The van der Waals surface area contributed by atoms with E-state index in [4.69, 9.17) is 16.3 Å². The van der Waals surface area contributed by atoms with Gasteiger partial charge < -0.3 is 4.74 Å². The zero-order chi connectivity index (χ0) is 11.6. The highest BCUT2D eigenvalue weighted by Crippen LogP contribution is 2.16. The first kappa shape index (κ1) is 12.5. The van der Waals surface area contributed by atoms with Crippen LogP contribution >= 0.6 is 11.6 Å². The van der Waals surface area contributed by atoms with Crippen LogP contribution < -0.4 is 9.92 Å². The Bertz CT molecular complexity index is 347. The van der Waals surface area contributed by atoms with Crippen molar-refractivity contribution in [2.24, 2.45) is 0 Å². The van der Waals surface area contributed by atoms with Gasteiger partial charge in [0.25, 0.3) is 0 Å². The highest BCUT2D eigenvalue weighted by molar-refractivity contribution is 6.89. The number of nitrogens with zero attached hydrogens (tertiary/aromatic N) is 1. The van der Waals surface area contributed by atoms with Crippen molar-refractivity contribution in [3.8, 4) is 5.88 Å². The van der Waals surface area contributed by atoms with Gasteiger partial charge in [0.1, 0.15) is 0 Å². The summed E-state index contributed by atoms with van der Waals surface area (Å²) in [6, 6.07) is 1.98. The molecule has 1 aromatic rings. The quantitative estimate of drug-likeness (QED) is 0.762. The van der Waals surface area contributed by atoms with Crippen LogP contribution in [0.4, 0.5) is 0 Å². The molecule has 0 aliphatic rings. The Kier molecular flexibility index (Phi) is 3.79. The van der Waals surface area contributed by atoms with E-state index in [0.29, 0.717) is 5.02 Å². The molecule has 0 unspecified atom stereocenters. The van der Waals surface area contributed by atoms with Gasteiger partial charge >= 0.3 is 0 Å². The lowest BCUT2D eigenvalue weighted by molar-refractivity contribution is 0.235. The standard InChI is InChI=1S/C11H18ClNOSi/c1-8(2)14-11-10(15(3,4)5)6-9(12)7-13-11/h6-8H,1-5H3. The van der Waals surface area contributed by atoms with Crippen LogP contribution in [-0.2, 0) is 0 Å². The summed E-state index contributed by atoms with van der Waals surface area (Å²) in [7, 11) is -1.45. The molecule has 0 spiro atoms. The van der Waals surface area contributed by atoms with Crippen molar-refractivity contribution in [2.75, 3.05) is 0 Å². The first-order valence-corrected chi connectivity index (χ1v) is 9.01. The van der Waals surface area contributed by atoms with Gasteiger partial charge in [0.15, 0.2) is 0 Å². The predicted octanol–water partition coefficient (Wildman–Crippen LogP) is 3.07. The number of halogens is 1. The average molecular weight is 244 g/mol. The molecule has 2 nitrogen and oxygen atoms in total. The normalized spacial score (nSPS) is 11.9. The van der Waals surface area contributed by atoms with E-state index in [1.807, 2.05) is 19.9 Å². The van der Waals surface area contributed by atoms with Crippen molar-refractivity contribution < 1.29 is 4.74 Å². The third kappa shape index (κ3) is 3.50. The highest BCUT2D eigenvalue weighted by Gasteiger charge is 2.23. The molecule has 0 N–H and O–H groups in total. The third-order valence-corrected chi connectivity index (χ3v) is 4.15. The third-order valence-electron chi connectivity index (χ3n) is 1.97. The van der Waals surface area contributed by atoms with E-state index in [-0.39, 0.29) is 6.10 Å². The van der Waals surface area contributed by atoms with Crippen molar-refractivity contribution in [2.45, 2.75) is 39.6 Å². The molecule has 0 aliphatic carbocycles. The van der Waals surface area contributed by atoms with E-state index in [9.17, 15) is 0 Å². The van der Waals surface area contributed by atoms with Gasteiger partial charge in [0.05, 0.1) is 19.2 Å². The van der Waals surface area contributed by atoms with E-state index < -0.39 is 8.07 Å². The van der Waals surface area contributed by atoms with Crippen LogP contribution in [0.15, 0.2) is 12.3 Å². The van der Waals surface area contributed by atoms with E-state index in [2.05, 4.69) is 24.6 Å². The smallest absolute Gasteiger partial charge is 0.212 e. The van der Waals surface area contributed by atoms with E-state index in [1.165, 1.54) is 5.19 Å². The van der Waals surface area contributed by atoms with E-state index >= 15 is 0 Å². The second-order valence-corrected chi connectivity index (χ2v) is 10.4. The minimum atomic E-state index is -1.45. The van der Waals surface area contributed by atoms with Gasteiger partial charge in [-0.05, 0) is 19.9 Å². The molecule has 0 aromatic carbocycles. The van der Waals surface area contributed by atoms with Crippen LogP contribution in [0.3, 0.4) is 0 Å². The summed E-state index contributed by atoms with van der Waals surface area (Å²) in [6.07, 6.45) is 1.79. The van der Waals surface area contributed by atoms with Crippen LogP contribution in [0, 0.1) is 0 Å². The Balaban J connectivity index is 3.15. The average Bonchev–Trinajstić information content (AvgIpc) is 2.05. The van der Waals surface area contributed by atoms with Gasteiger partial charge in [-0.3, -0.25) is 0 Å². The SMILES string of the molecule is CC(C)Oc1ncc(Cl)cc1[Si](C)(C)C. The number of pyridine rings is 1. The summed E-state index contributed by atoms with van der Waals surface area (Å²) < 4.78 is 5.69. The van der Waals surface area contributed by atoms with Crippen LogP contribution in [-0.4, -0.2) is 19.2 Å². The zero-order valence-corrected chi connectivity index (χ0v) is 11.7. The Morgan fingerprint density at radius 3 is 2.40 bits per heavy atom. The first-order valence-electron chi connectivity index (χ1n) is 5.13. The Labute approximate surface area is 97.6 Å². The van der Waals surface area contributed by atoms with Crippen molar-refractivity contribution in [3.05, 3.63) is 17.3 Å². The molecule has 0 bridgehead atoms. The summed E-state index contributed by atoms with van der Waals surface area (Å²) in [4.78, 5) is 4.27. The zero-order valence-electron chi connectivity index (χ0n) is 9.97. The van der Waals surface area contributed by atoms with Crippen LogP contribution in [0.1, 0.15) is 13.8 Å². The second kappa shape index (κ2) is 4.54. The fourth-order valence-electron chi connectivity index (χ4n) is 1.28. The molecule has 0 amide bonds. The first-order chi connectivity index (χ1) is 6.80. The molecule has 1 heterocycles. The Morgan fingerprint density at radius 2 is 1.93 bits per heavy atom. The lowest BCUT2D eigenvalue weighted by atomic mass is 10.4. The highest BCUT2D eigenvalue weighted by atomic mass is 35.5. The van der Waals surface area contributed by atoms with Crippen molar-refractivity contribution in [3.63, 3.8) is 0 Å². The van der Waals surface area contributed by atoms with Crippen molar-refractivity contribution >= 4 is 24.9 Å². The molecule has 0 fully saturated rings. The Morgan fingerprint density at radius 1 is 1.33 bits per heavy atom. The molecular weight excluding hydrogens is 226 g/mol. The van der Waals surface area contributed by atoms with Crippen LogP contribution in [0.2, 0.25) is 24.7 Å². The maximum Gasteiger partial charge on any atom is 0.212 e. The molecule has 1 aromatic heterocycles. The minimum absolute atomic E-state index is 0.147. The summed E-state index contributed by atoms with van der Waals surface area (Å²) >= 11 is 5.96. The van der Waals surface area contributed by atoms with E-state index in [0.717, 1.165) is 5.88 Å². The van der Waals surface area contributed by atoms with Gasteiger partial charge in [-0.25, -0.2) is 4.98 Å². The second-order valence-electron chi connectivity index (χ2n) is 4.92. The maximum absolute atomic E-state index is 5.96. The summed E-state index contributed by atoms with van der Waals surface area (Å²) in [6.45, 7) is 10.8. The number of hydrogen-bond donors (Lipinski definition) is 0. The lowest BCUT2D eigenvalue weighted by Gasteiger charge is -2.21. The van der Waals surface area contributed by atoms with E-state index in [1.54, 1.807) is 6.20 Å². The molecule has 15 heavy (non-hydrogen) atoms. The van der Waals surface area contributed by atoms with Gasteiger partial charge in [0.2, 0.25) is 5.88 Å². The fraction of sp³-hybridized carbons (Fsp3) is 0.545. The molecule has 4 heteroatoms. The molecular formula is C11H18ClNOSi. The molecule has 0 aliphatic heterocycles. The number of rotatable bonds is 3. The van der Waals surface area contributed by atoms with Crippen LogP contribution in [0.5, 0.6) is 5.88 Å². The van der Waals surface area contributed by atoms with Crippen LogP contribution in [0.25, 0.3) is 0 Å². The fourth-order valence-corrected chi connectivity index (χ4v) is 2.88. The number of aromatic nitrogens is 1. The molecule has 0 saturated heterocycles. The summed E-state index contributed by atoms with van der Waals surface area (Å²) in [5, 5.41) is 1.87. The number of ether oxygens (including phenoxy) is 1. The van der Waals surface area contributed by atoms with Gasteiger partial charge in [-0.2, -0.15) is 0 Å². The molecule has 84 valence electrons. The van der Waals surface area contributed by atoms with Gasteiger partial charge in [-0.15, -0.1) is 0 Å². The summed E-state index contributed by atoms with van der Waals surface area (Å²) in [5.41, 5.74) is 0. The Hall–Kier alpha value is -0.543. The topological polar surface area (TPSA) is 22.1 Å². The predicted molar refractivity (Wildman–Crippen MR) is 68.0 cm³/mol. The summed E-state index contributed by atoms with van der Waals surface area (Å²) in [5.74, 6) is 0.744. The molecule has 0 atom stereocenters. The lowest BCUT2D eigenvalue weighted by Crippen LogP contribution is -2.39.